The van der Waals surface area contributed by atoms with Crippen molar-refractivity contribution in [2.45, 2.75) is 4.90 Å². The van der Waals surface area contributed by atoms with Crippen LogP contribution in [0.5, 0.6) is 11.5 Å². The normalized spacial score (nSPS) is 13.2. The molecule has 33 heavy (non-hydrogen) atoms. The van der Waals surface area contributed by atoms with Crippen LogP contribution in [0.25, 0.3) is 0 Å². The molecule has 1 aliphatic heterocycles. The van der Waals surface area contributed by atoms with Gasteiger partial charge in [-0.25, -0.2) is 18.0 Å². The molecule has 10 heteroatoms. The van der Waals surface area contributed by atoms with E-state index in [1.165, 1.54) is 55.6 Å². The molecule has 4 rings (SSSR count). The van der Waals surface area contributed by atoms with E-state index in [0.717, 1.165) is 4.31 Å². The van der Waals surface area contributed by atoms with Crippen LogP contribution >= 0.6 is 11.6 Å². The first-order valence-corrected chi connectivity index (χ1v) is 11.7. The molecule has 0 amide bonds. The summed E-state index contributed by atoms with van der Waals surface area (Å²) in [5.74, 6) is -0.407. The Morgan fingerprint density at radius 1 is 1.06 bits per heavy atom. The number of rotatable bonds is 6. The molecule has 1 aliphatic rings. The highest BCUT2D eigenvalue weighted by Gasteiger charge is 2.26. The first kappa shape index (κ1) is 22.6. The van der Waals surface area contributed by atoms with E-state index in [4.69, 9.17) is 21.1 Å². The standard InChI is InChI=1S/C23H19ClN2O6S/c1-25(33(29,30)19-12-6-16(24)7-13-19)17-8-10-18(11-9-17)31-22(27)14-26-15-23(28)32-21-5-3-2-4-20(21)26/h2-13H,14-15H2,1H3. The number of anilines is 2. The van der Waals surface area contributed by atoms with Crippen molar-refractivity contribution in [3.05, 3.63) is 77.8 Å². The summed E-state index contributed by atoms with van der Waals surface area (Å²) < 4.78 is 37.3. The van der Waals surface area contributed by atoms with Gasteiger partial charge in [-0.15, -0.1) is 0 Å². The number of carbonyl (C=O) groups excluding carboxylic acids is 2. The number of hydrogen-bond acceptors (Lipinski definition) is 7. The maximum atomic E-state index is 12.8. The number of benzene rings is 3. The van der Waals surface area contributed by atoms with Crippen LogP contribution in [0.1, 0.15) is 0 Å². The Labute approximate surface area is 195 Å². The van der Waals surface area contributed by atoms with Gasteiger partial charge in [0.05, 0.1) is 16.3 Å². The average Bonchev–Trinajstić information content (AvgIpc) is 2.79. The maximum Gasteiger partial charge on any atom is 0.331 e. The van der Waals surface area contributed by atoms with Crippen LogP contribution in [0.3, 0.4) is 0 Å². The summed E-state index contributed by atoms with van der Waals surface area (Å²) in [5, 5.41) is 0.438. The van der Waals surface area contributed by atoms with E-state index in [1.807, 2.05) is 0 Å². The fourth-order valence-electron chi connectivity index (χ4n) is 3.29. The molecular formula is C23H19ClN2O6S. The van der Waals surface area contributed by atoms with E-state index in [1.54, 1.807) is 29.2 Å². The van der Waals surface area contributed by atoms with E-state index in [0.29, 0.717) is 22.1 Å². The summed E-state index contributed by atoms with van der Waals surface area (Å²) in [4.78, 5) is 25.9. The molecule has 0 bridgehead atoms. The van der Waals surface area contributed by atoms with Gasteiger partial charge < -0.3 is 14.4 Å². The van der Waals surface area contributed by atoms with Crippen molar-refractivity contribution in [2.75, 3.05) is 29.3 Å². The second-order valence-corrected chi connectivity index (χ2v) is 9.60. The summed E-state index contributed by atoms with van der Waals surface area (Å²) >= 11 is 5.84. The van der Waals surface area contributed by atoms with Crippen LogP contribution in [0.4, 0.5) is 11.4 Å². The second kappa shape index (κ2) is 9.13. The molecule has 0 saturated heterocycles. The van der Waals surface area contributed by atoms with Gasteiger partial charge in [-0.2, -0.15) is 0 Å². The smallest absolute Gasteiger partial charge is 0.331 e. The third kappa shape index (κ3) is 4.94. The van der Waals surface area contributed by atoms with Crippen molar-refractivity contribution in [1.29, 1.82) is 0 Å². The van der Waals surface area contributed by atoms with Crippen LogP contribution in [0.15, 0.2) is 77.7 Å². The van der Waals surface area contributed by atoms with Crippen molar-refractivity contribution >= 4 is 44.9 Å². The van der Waals surface area contributed by atoms with E-state index >= 15 is 0 Å². The molecule has 8 nitrogen and oxygen atoms in total. The number of nitrogens with zero attached hydrogens (tertiary/aromatic N) is 2. The fraction of sp³-hybridized carbons (Fsp3) is 0.130. The first-order chi connectivity index (χ1) is 15.7. The largest absolute Gasteiger partial charge is 0.425 e. The van der Waals surface area contributed by atoms with Gasteiger partial charge in [-0.05, 0) is 60.7 Å². The molecule has 0 fully saturated rings. The van der Waals surface area contributed by atoms with Gasteiger partial charge in [-0.3, -0.25) is 4.31 Å². The topological polar surface area (TPSA) is 93.2 Å². The van der Waals surface area contributed by atoms with Crippen LogP contribution in [-0.2, 0) is 19.6 Å². The molecule has 170 valence electrons. The van der Waals surface area contributed by atoms with Crippen molar-refractivity contribution in [2.24, 2.45) is 0 Å². The first-order valence-electron chi connectivity index (χ1n) is 9.84. The van der Waals surface area contributed by atoms with Gasteiger partial charge in [0.15, 0.2) is 5.75 Å². The fourth-order valence-corrected chi connectivity index (χ4v) is 4.61. The Hall–Kier alpha value is -3.56. The van der Waals surface area contributed by atoms with Crippen LogP contribution in [0, 0.1) is 0 Å². The second-order valence-electron chi connectivity index (χ2n) is 7.19. The molecule has 0 radical (unpaired) electrons. The van der Waals surface area contributed by atoms with Gasteiger partial charge in [0.1, 0.15) is 18.8 Å². The Balaban J connectivity index is 1.43. The number of para-hydroxylation sites is 2. The van der Waals surface area contributed by atoms with E-state index in [9.17, 15) is 18.0 Å². The van der Waals surface area contributed by atoms with Crippen molar-refractivity contribution in [3.8, 4) is 11.5 Å². The number of fused-ring (bicyclic) bond motifs is 1. The van der Waals surface area contributed by atoms with Crippen molar-refractivity contribution in [3.63, 3.8) is 0 Å². The number of sulfonamides is 1. The minimum atomic E-state index is -3.78. The van der Waals surface area contributed by atoms with Gasteiger partial charge in [0.2, 0.25) is 0 Å². The monoisotopic (exact) mass is 486 g/mol. The molecule has 0 unspecified atom stereocenters. The lowest BCUT2D eigenvalue weighted by Crippen LogP contribution is -2.41. The highest BCUT2D eigenvalue weighted by molar-refractivity contribution is 7.92. The molecule has 0 aliphatic carbocycles. The summed E-state index contributed by atoms with van der Waals surface area (Å²) in [6.07, 6.45) is 0. The number of ether oxygens (including phenoxy) is 2. The van der Waals surface area contributed by atoms with Crippen LogP contribution in [0.2, 0.25) is 5.02 Å². The number of esters is 2. The lowest BCUT2D eigenvalue weighted by Gasteiger charge is -2.28. The molecule has 0 N–H and O–H groups in total. The van der Waals surface area contributed by atoms with Crippen molar-refractivity contribution < 1.29 is 27.5 Å². The lowest BCUT2D eigenvalue weighted by atomic mass is 10.2. The Bertz CT molecular complexity index is 1290. The zero-order chi connectivity index (χ0) is 23.6. The number of carbonyl (C=O) groups is 2. The van der Waals surface area contributed by atoms with E-state index in [2.05, 4.69) is 0 Å². The van der Waals surface area contributed by atoms with E-state index in [-0.39, 0.29) is 23.7 Å². The zero-order valence-corrected chi connectivity index (χ0v) is 19.0. The summed E-state index contributed by atoms with van der Waals surface area (Å²) in [5.41, 5.74) is 1.01. The quantitative estimate of drug-likeness (QED) is 0.389. The molecule has 3 aromatic rings. The minimum Gasteiger partial charge on any atom is -0.425 e. The molecule has 1 heterocycles. The highest BCUT2D eigenvalue weighted by Crippen LogP contribution is 2.31. The number of hydrogen-bond donors (Lipinski definition) is 0. The van der Waals surface area contributed by atoms with Crippen LogP contribution in [-0.4, -0.2) is 40.5 Å². The Morgan fingerprint density at radius 2 is 1.73 bits per heavy atom. The average molecular weight is 487 g/mol. The molecule has 0 saturated carbocycles. The highest BCUT2D eigenvalue weighted by atomic mass is 35.5. The molecule has 0 atom stereocenters. The SMILES string of the molecule is CN(c1ccc(OC(=O)CN2CC(=O)Oc3ccccc32)cc1)S(=O)(=O)c1ccc(Cl)cc1. The summed E-state index contributed by atoms with van der Waals surface area (Å²) in [7, 11) is -2.35. The van der Waals surface area contributed by atoms with E-state index < -0.39 is 22.0 Å². The van der Waals surface area contributed by atoms with Crippen LogP contribution < -0.4 is 18.7 Å². The van der Waals surface area contributed by atoms with Crippen molar-refractivity contribution in [1.82, 2.24) is 0 Å². The molecular weight excluding hydrogens is 468 g/mol. The van der Waals surface area contributed by atoms with Gasteiger partial charge >= 0.3 is 11.9 Å². The Morgan fingerprint density at radius 3 is 2.42 bits per heavy atom. The summed E-state index contributed by atoms with van der Waals surface area (Å²) in [6.45, 7) is -0.225. The predicted octanol–water partition coefficient (Wildman–Crippen LogP) is 3.50. The third-order valence-corrected chi connectivity index (χ3v) is 7.03. The Kier molecular flexibility index (Phi) is 6.26. The molecule has 0 spiro atoms. The minimum absolute atomic E-state index is 0.0710. The lowest BCUT2D eigenvalue weighted by molar-refractivity contribution is -0.134. The predicted molar refractivity (Wildman–Crippen MR) is 123 cm³/mol. The summed E-state index contributed by atoms with van der Waals surface area (Å²) in [6, 6.07) is 18.8. The zero-order valence-electron chi connectivity index (χ0n) is 17.5. The van der Waals surface area contributed by atoms with Gasteiger partial charge in [0.25, 0.3) is 10.0 Å². The number of halogens is 1. The van der Waals surface area contributed by atoms with Gasteiger partial charge in [0, 0.05) is 12.1 Å². The van der Waals surface area contributed by atoms with Gasteiger partial charge in [-0.1, -0.05) is 23.7 Å². The maximum absolute atomic E-state index is 12.8. The molecule has 0 aromatic heterocycles. The molecule has 3 aromatic carbocycles. The third-order valence-electron chi connectivity index (χ3n) is 4.97.